The average molecular weight is 332 g/mol. The highest BCUT2D eigenvalue weighted by Crippen LogP contribution is 2.26. The molecule has 7 nitrogen and oxygen atoms in total. The molecule has 24 heavy (non-hydrogen) atoms. The van der Waals surface area contributed by atoms with E-state index in [4.69, 9.17) is 0 Å². The van der Waals surface area contributed by atoms with Gasteiger partial charge < -0.3 is 5.32 Å². The number of aromatic nitrogens is 4. The van der Waals surface area contributed by atoms with Crippen LogP contribution < -0.4 is 5.32 Å². The molecule has 0 spiro atoms. The number of nitrogens with one attached hydrogen (secondary N) is 1. The van der Waals surface area contributed by atoms with Crippen molar-refractivity contribution in [3.8, 4) is 0 Å². The summed E-state index contributed by atoms with van der Waals surface area (Å²) in [6.07, 6.45) is 3.98. The Morgan fingerprint density at radius 3 is 2.79 bits per heavy atom. The van der Waals surface area contributed by atoms with Crippen LogP contribution in [0.2, 0.25) is 0 Å². The Bertz CT molecular complexity index is 656. The van der Waals surface area contributed by atoms with Crippen LogP contribution in [-0.2, 0) is 11.3 Å². The molecule has 2 aromatic rings. The molecule has 1 aromatic heterocycles. The summed E-state index contributed by atoms with van der Waals surface area (Å²) in [4.78, 5) is 14.3. The zero-order valence-corrected chi connectivity index (χ0v) is 13.4. The number of aryl methyl sites for hydroxylation is 1. The van der Waals surface area contributed by atoms with Gasteiger partial charge in [-0.25, -0.2) is 9.07 Å². The smallest absolute Gasteiger partial charge is 0.221 e. The van der Waals surface area contributed by atoms with Crippen molar-refractivity contribution in [2.45, 2.75) is 31.8 Å². The average Bonchev–Trinajstić information content (AvgIpc) is 3.28. The normalized spacial score (nSPS) is 16.2. The molecule has 1 atom stereocenters. The highest BCUT2D eigenvalue weighted by molar-refractivity contribution is 5.75. The number of hydrogen-bond acceptors (Lipinski definition) is 5. The Morgan fingerprint density at radius 1 is 1.29 bits per heavy atom. The molecule has 2 heterocycles. The van der Waals surface area contributed by atoms with Gasteiger partial charge in [0.25, 0.3) is 0 Å². The van der Waals surface area contributed by atoms with Crippen molar-refractivity contribution < 1.29 is 9.18 Å². The molecule has 1 N–H and O–H groups in total. The molecular weight excluding hydrogens is 311 g/mol. The summed E-state index contributed by atoms with van der Waals surface area (Å²) >= 11 is 0. The molecule has 1 aromatic carbocycles. The topological polar surface area (TPSA) is 75.9 Å². The van der Waals surface area contributed by atoms with Crippen LogP contribution in [0.1, 0.15) is 30.9 Å². The SMILES string of the molecule is O=C(CCn1cnnn1)NC[C@H](c1ccccc1F)N1CCCC1. The van der Waals surface area contributed by atoms with Gasteiger partial charge in [0.1, 0.15) is 12.1 Å². The van der Waals surface area contributed by atoms with Crippen LogP contribution in [0.25, 0.3) is 0 Å². The molecule has 1 amide bonds. The summed E-state index contributed by atoms with van der Waals surface area (Å²) < 4.78 is 15.7. The first-order valence-electron chi connectivity index (χ1n) is 8.20. The maximum atomic E-state index is 14.2. The summed E-state index contributed by atoms with van der Waals surface area (Å²) in [5, 5.41) is 13.7. The van der Waals surface area contributed by atoms with Crippen LogP contribution in [-0.4, -0.2) is 50.6 Å². The van der Waals surface area contributed by atoms with E-state index in [1.807, 2.05) is 6.07 Å². The van der Waals surface area contributed by atoms with E-state index in [1.54, 1.807) is 12.1 Å². The predicted octanol–water partition coefficient (Wildman–Crippen LogP) is 1.16. The Labute approximate surface area is 139 Å². The van der Waals surface area contributed by atoms with Crippen LogP contribution in [0.4, 0.5) is 4.39 Å². The van der Waals surface area contributed by atoms with E-state index >= 15 is 0 Å². The van der Waals surface area contributed by atoms with Gasteiger partial charge in [-0.05, 0) is 42.4 Å². The molecule has 0 unspecified atom stereocenters. The van der Waals surface area contributed by atoms with E-state index in [-0.39, 0.29) is 24.2 Å². The fraction of sp³-hybridized carbons (Fsp3) is 0.500. The first-order valence-corrected chi connectivity index (χ1v) is 8.20. The second-order valence-corrected chi connectivity index (χ2v) is 5.91. The molecular formula is C16H21FN6O. The van der Waals surface area contributed by atoms with Crippen molar-refractivity contribution in [1.82, 2.24) is 30.4 Å². The highest BCUT2D eigenvalue weighted by atomic mass is 19.1. The minimum absolute atomic E-state index is 0.0916. The van der Waals surface area contributed by atoms with Crippen molar-refractivity contribution in [3.05, 3.63) is 42.0 Å². The Morgan fingerprint density at radius 2 is 2.08 bits per heavy atom. The zero-order valence-electron chi connectivity index (χ0n) is 13.4. The largest absolute Gasteiger partial charge is 0.354 e. The standard InChI is InChI=1S/C16H21FN6O/c17-14-6-2-1-5-13(14)15(22-8-3-4-9-22)11-18-16(24)7-10-23-12-19-20-21-23/h1-2,5-6,12,15H,3-4,7-11H2,(H,18,24)/t15-/m1/s1. The van der Waals surface area contributed by atoms with Crippen LogP contribution >= 0.6 is 0 Å². The number of hydrogen-bond donors (Lipinski definition) is 1. The van der Waals surface area contributed by atoms with Gasteiger partial charge in [0.15, 0.2) is 0 Å². The monoisotopic (exact) mass is 332 g/mol. The molecule has 8 heteroatoms. The molecule has 0 bridgehead atoms. The zero-order chi connectivity index (χ0) is 16.8. The third kappa shape index (κ3) is 4.14. The molecule has 0 aliphatic carbocycles. The number of rotatable bonds is 7. The molecule has 1 aliphatic rings. The van der Waals surface area contributed by atoms with E-state index < -0.39 is 0 Å². The number of amides is 1. The second kappa shape index (κ2) is 7.96. The third-order valence-corrected chi connectivity index (χ3v) is 4.30. The van der Waals surface area contributed by atoms with E-state index in [1.165, 1.54) is 17.1 Å². The van der Waals surface area contributed by atoms with E-state index in [0.717, 1.165) is 25.9 Å². The van der Waals surface area contributed by atoms with Crippen molar-refractivity contribution in [2.24, 2.45) is 0 Å². The van der Waals surface area contributed by atoms with Gasteiger partial charge in [0.2, 0.25) is 5.91 Å². The van der Waals surface area contributed by atoms with Crippen molar-refractivity contribution in [3.63, 3.8) is 0 Å². The second-order valence-electron chi connectivity index (χ2n) is 5.91. The maximum absolute atomic E-state index is 14.2. The van der Waals surface area contributed by atoms with Crippen LogP contribution in [0.15, 0.2) is 30.6 Å². The summed E-state index contributed by atoms with van der Waals surface area (Å²) in [7, 11) is 0. The van der Waals surface area contributed by atoms with Crippen LogP contribution in [0.3, 0.4) is 0 Å². The molecule has 3 rings (SSSR count). The van der Waals surface area contributed by atoms with E-state index in [9.17, 15) is 9.18 Å². The number of nitrogens with zero attached hydrogens (tertiary/aromatic N) is 5. The van der Waals surface area contributed by atoms with Crippen LogP contribution in [0, 0.1) is 5.82 Å². The minimum Gasteiger partial charge on any atom is -0.354 e. The van der Waals surface area contributed by atoms with E-state index in [2.05, 4.69) is 25.7 Å². The number of halogens is 1. The number of tetrazole rings is 1. The fourth-order valence-corrected chi connectivity index (χ4v) is 3.03. The van der Waals surface area contributed by atoms with Crippen molar-refractivity contribution >= 4 is 5.91 Å². The molecule has 0 saturated carbocycles. The van der Waals surface area contributed by atoms with Gasteiger partial charge in [0.05, 0.1) is 12.6 Å². The number of carbonyl (C=O) groups is 1. The van der Waals surface area contributed by atoms with Gasteiger partial charge >= 0.3 is 0 Å². The van der Waals surface area contributed by atoms with Gasteiger partial charge in [-0.2, -0.15) is 0 Å². The lowest BCUT2D eigenvalue weighted by Gasteiger charge is -2.28. The lowest BCUT2D eigenvalue weighted by atomic mass is 10.0. The molecule has 1 saturated heterocycles. The molecule has 1 fully saturated rings. The number of carbonyl (C=O) groups excluding carboxylic acids is 1. The van der Waals surface area contributed by atoms with Crippen molar-refractivity contribution in [2.75, 3.05) is 19.6 Å². The fourth-order valence-electron chi connectivity index (χ4n) is 3.03. The van der Waals surface area contributed by atoms with Gasteiger partial charge in [-0.1, -0.05) is 18.2 Å². The lowest BCUT2D eigenvalue weighted by molar-refractivity contribution is -0.121. The summed E-state index contributed by atoms with van der Waals surface area (Å²) in [5.41, 5.74) is 0.639. The van der Waals surface area contributed by atoms with Crippen molar-refractivity contribution in [1.29, 1.82) is 0 Å². The van der Waals surface area contributed by atoms with Gasteiger partial charge in [-0.15, -0.1) is 5.10 Å². The maximum Gasteiger partial charge on any atom is 0.221 e. The highest BCUT2D eigenvalue weighted by Gasteiger charge is 2.25. The number of likely N-dealkylation sites (tertiary alicyclic amines) is 1. The van der Waals surface area contributed by atoms with E-state index in [0.29, 0.717) is 18.7 Å². The quantitative estimate of drug-likeness (QED) is 0.823. The Kier molecular flexibility index (Phi) is 5.47. The van der Waals surface area contributed by atoms with Crippen LogP contribution in [0.5, 0.6) is 0 Å². The lowest BCUT2D eigenvalue weighted by Crippen LogP contribution is -2.37. The Hall–Kier alpha value is -2.35. The first kappa shape index (κ1) is 16.5. The first-order chi connectivity index (χ1) is 11.7. The predicted molar refractivity (Wildman–Crippen MR) is 85.4 cm³/mol. The number of benzene rings is 1. The molecule has 128 valence electrons. The summed E-state index contributed by atoms with van der Waals surface area (Å²) in [5.74, 6) is -0.316. The molecule has 1 aliphatic heterocycles. The van der Waals surface area contributed by atoms with Gasteiger partial charge in [-0.3, -0.25) is 9.69 Å². The minimum atomic E-state index is -0.225. The summed E-state index contributed by atoms with van der Waals surface area (Å²) in [6.45, 7) is 2.68. The Balaban J connectivity index is 1.59. The van der Waals surface area contributed by atoms with Gasteiger partial charge in [0, 0.05) is 18.5 Å². The summed E-state index contributed by atoms with van der Waals surface area (Å²) in [6, 6.07) is 6.65. The third-order valence-electron chi connectivity index (χ3n) is 4.30. The molecule has 0 radical (unpaired) electrons.